The summed E-state index contributed by atoms with van der Waals surface area (Å²) in [7, 11) is 0. The van der Waals surface area contributed by atoms with Crippen molar-refractivity contribution in [2.45, 2.75) is 51.1 Å². The van der Waals surface area contributed by atoms with Crippen LogP contribution in [-0.4, -0.2) is 49.7 Å². The summed E-state index contributed by atoms with van der Waals surface area (Å²) in [6.45, 7) is 1.54. The average molecular weight is 407 g/mol. The van der Waals surface area contributed by atoms with Crippen molar-refractivity contribution >= 4 is 11.8 Å². The van der Waals surface area contributed by atoms with E-state index < -0.39 is 0 Å². The molecule has 2 aromatic heterocycles. The molecule has 4 heterocycles. The molecule has 0 radical (unpaired) electrons. The smallest absolute Gasteiger partial charge is 0.273 e. The van der Waals surface area contributed by atoms with Crippen molar-refractivity contribution in [2.24, 2.45) is 5.92 Å². The third-order valence-electron chi connectivity index (χ3n) is 6.29. The number of likely N-dealkylation sites (tertiary alicyclic amines) is 1. The number of pyridine rings is 1. The van der Waals surface area contributed by atoms with Crippen LogP contribution in [0.4, 0.5) is 0 Å². The summed E-state index contributed by atoms with van der Waals surface area (Å²) in [5.74, 6) is 0.710. The number of amides is 2. The Labute approximate surface area is 174 Å². The number of H-pyrrole nitrogens is 1. The molecule has 2 aromatic rings. The van der Waals surface area contributed by atoms with Gasteiger partial charge in [-0.2, -0.15) is 0 Å². The molecule has 0 spiro atoms. The molecular weight excluding hydrogens is 382 g/mol. The van der Waals surface area contributed by atoms with E-state index in [0.717, 1.165) is 37.8 Å². The Morgan fingerprint density at radius 1 is 1.10 bits per heavy atom. The zero-order chi connectivity index (χ0) is 20.7. The summed E-state index contributed by atoms with van der Waals surface area (Å²) >= 11 is 0. The highest BCUT2D eigenvalue weighted by Crippen LogP contribution is 2.33. The second-order valence-corrected chi connectivity index (χ2v) is 8.39. The first kappa shape index (κ1) is 19.0. The fraction of sp³-hybridized carbons (Fsp3) is 0.500. The quantitative estimate of drug-likeness (QED) is 0.837. The van der Waals surface area contributed by atoms with Gasteiger partial charge in [-0.3, -0.25) is 19.4 Å². The average Bonchev–Trinajstić information content (AvgIpc) is 3.64. The van der Waals surface area contributed by atoms with E-state index in [0.29, 0.717) is 43.1 Å². The number of piperidine rings is 1. The maximum absolute atomic E-state index is 13.0. The molecule has 0 aromatic carbocycles. The molecular formula is C22H25N5O3. The topological polar surface area (TPSA) is 99.3 Å². The monoisotopic (exact) mass is 407 g/mol. The zero-order valence-electron chi connectivity index (χ0n) is 16.8. The van der Waals surface area contributed by atoms with Crippen LogP contribution in [0.25, 0.3) is 0 Å². The summed E-state index contributed by atoms with van der Waals surface area (Å²) in [6, 6.07) is 5.02. The highest BCUT2D eigenvalue weighted by atomic mass is 16.2. The second-order valence-electron chi connectivity index (χ2n) is 8.39. The first-order valence-corrected chi connectivity index (χ1v) is 10.7. The third kappa shape index (κ3) is 3.51. The van der Waals surface area contributed by atoms with Gasteiger partial charge in [-0.25, -0.2) is 4.98 Å². The van der Waals surface area contributed by atoms with Crippen LogP contribution in [0.2, 0.25) is 0 Å². The normalized spacial score (nSPS) is 21.3. The van der Waals surface area contributed by atoms with E-state index in [1.54, 1.807) is 34.2 Å². The largest absolute Gasteiger partial charge is 0.337 e. The first-order chi connectivity index (χ1) is 14.6. The predicted molar refractivity (Wildman–Crippen MR) is 109 cm³/mol. The van der Waals surface area contributed by atoms with E-state index in [-0.39, 0.29) is 29.3 Å². The van der Waals surface area contributed by atoms with Gasteiger partial charge in [0.15, 0.2) is 0 Å². The van der Waals surface area contributed by atoms with Crippen LogP contribution in [0.1, 0.15) is 65.7 Å². The molecule has 3 aliphatic rings. The van der Waals surface area contributed by atoms with Gasteiger partial charge in [0.25, 0.3) is 11.5 Å². The summed E-state index contributed by atoms with van der Waals surface area (Å²) < 4.78 is 0. The molecule has 1 saturated heterocycles. The molecule has 0 unspecified atom stereocenters. The SMILES string of the molecule is O=C(C1CC1)N1CCc2nc([C@@H]3CCCCN3C(=O)c3ccccn3)[nH]c(=O)c2C1. The van der Waals surface area contributed by atoms with Gasteiger partial charge in [-0.05, 0) is 44.2 Å². The Hall–Kier alpha value is -3.03. The van der Waals surface area contributed by atoms with Crippen LogP contribution in [0.15, 0.2) is 29.2 Å². The highest BCUT2D eigenvalue weighted by Gasteiger charge is 2.36. The number of aromatic nitrogens is 3. The van der Waals surface area contributed by atoms with Crippen LogP contribution in [-0.2, 0) is 17.8 Å². The van der Waals surface area contributed by atoms with Crippen molar-refractivity contribution in [3.8, 4) is 0 Å². The lowest BCUT2D eigenvalue weighted by Gasteiger charge is -2.35. The summed E-state index contributed by atoms with van der Waals surface area (Å²) in [6.07, 6.45) is 6.75. The van der Waals surface area contributed by atoms with E-state index in [9.17, 15) is 14.4 Å². The molecule has 1 atom stereocenters. The Morgan fingerprint density at radius 3 is 2.73 bits per heavy atom. The minimum absolute atomic E-state index is 0.137. The standard InChI is InChI=1S/C22H25N5O3/c28-20-15-13-26(21(29)14-7-8-14)12-9-16(15)24-19(25-20)18-6-2-4-11-27(18)22(30)17-5-1-3-10-23-17/h1,3,5,10,14,18H,2,4,6-9,11-13H2,(H,24,25,28)/t18-/m0/s1. The predicted octanol–water partition coefficient (Wildman–Crippen LogP) is 1.83. The third-order valence-corrected chi connectivity index (χ3v) is 6.29. The first-order valence-electron chi connectivity index (χ1n) is 10.7. The van der Waals surface area contributed by atoms with Crippen molar-refractivity contribution in [3.05, 3.63) is 57.5 Å². The minimum atomic E-state index is -0.266. The fourth-order valence-corrected chi connectivity index (χ4v) is 4.47. The van der Waals surface area contributed by atoms with Crippen molar-refractivity contribution in [2.75, 3.05) is 13.1 Å². The number of carbonyl (C=O) groups is 2. The molecule has 1 N–H and O–H groups in total. The van der Waals surface area contributed by atoms with Gasteiger partial charge in [-0.1, -0.05) is 6.07 Å². The summed E-state index contributed by atoms with van der Waals surface area (Å²) in [4.78, 5) is 53.8. The number of rotatable bonds is 3. The van der Waals surface area contributed by atoms with Crippen LogP contribution in [0, 0.1) is 5.92 Å². The maximum atomic E-state index is 13.0. The second kappa shape index (κ2) is 7.66. The molecule has 2 fully saturated rings. The van der Waals surface area contributed by atoms with Crippen LogP contribution in [0.3, 0.4) is 0 Å². The minimum Gasteiger partial charge on any atom is -0.337 e. The molecule has 2 amide bonds. The fourth-order valence-electron chi connectivity index (χ4n) is 4.47. The van der Waals surface area contributed by atoms with Gasteiger partial charge >= 0.3 is 0 Å². The van der Waals surface area contributed by atoms with Crippen molar-refractivity contribution < 1.29 is 9.59 Å². The Balaban J connectivity index is 1.42. The highest BCUT2D eigenvalue weighted by molar-refractivity contribution is 5.92. The lowest BCUT2D eigenvalue weighted by molar-refractivity contribution is -0.133. The van der Waals surface area contributed by atoms with Crippen molar-refractivity contribution in [1.29, 1.82) is 0 Å². The lowest BCUT2D eigenvalue weighted by Crippen LogP contribution is -2.43. The number of nitrogens with zero attached hydrogens (tertiary/aromatic N) is 4. The number of carbonyl (C=O) groups excluding carboxylic acids is 2. The van der Waals surface area contributed by atoms with Gasteiger partial charge in [-0.15, -0.1) is 0 Å². The Morgan fingerprint density at radius 2 is 1.97 bits per heavy atom. The van der Waals surface area contributed by atoms with Gasteiger partial charge in [0.05, 0.1) is 23.8 Å². The van der Waals surface area contributed by atoms with E-state index in [2.05, 4.69) is 9.97 Å². The number of aromatic amines is 1. The molecule has 1 saturated carbocycles. The Bertz CT molecular complexity index is 1030. The van der Waals surface area contributed by atoms with Gasteiger partial charge in [0.2, 0.25) is 5.91 Å². The molecule has 0 bridgehead atoms. The molecule has 156 valence electrons. The zero-order valence-corrected chi connectivity index (χ0v) is 16.8. The summed E-state index contributed by atoms with van der Waals surface area (Å²) in [5.41, 5.74) is 1.54. The number of hydrogen-bond acceptors (Lipinski definition) is 5. The van der Waals surface area contributed by atoms with Gasteiger partial charge < -0.3 is 14.8 Å². The number of fused-ring (bicyclic) bond motifs is 1. The molecule has 30 heavy (non-hydrogen) atoms. The molecule has 8 heteroatoms. The summed E-state index contributed by atoms with van der Waals surface area (Å²) in [5, 5.41) is 0. The van der Waals surface area contributed by atoms with Crippen molar-refractivity contribution in [3.63, 3.8) is 0 Å². The van der Waals surface area contributed by atoms with Crippen molar-refractivity contribution in [1.82, 2.24) is 24.8 Å². The van der Waals surface area contributed by atoms with E-state index >= 15 is 0 Å². The molecule has 5 rings (SSSR count). The molecule has 1 aliphatic carbocycles. The van der Waals surface area contributed by atoms with Gasteiger partial charge in [0, 0.05) is 31.6 Å². The van der Waals surface area contributed by atoms with E-state index in [1.165, 1.54) is 0 Å². The Kier molecular flexibility index (Phi) is 4.84. The lowest BCUT2D eigenvalue weighted by atomic mass is 9.99. The maximum Gasteiger partial charge on any atom is 0.273 e. The van der Waals surface area contributed by atoms with Crippen LogP contribution < -0.4 is 5.56 Å². The number of nitrogens with one attached hydrogen (secondary N) is 1. The molecule has 2 aliphatic heterocycles. The van der Waals surface area contributed by atoms with Gasteiger partial charge in [0.1, 0.15) is 11.5 Å². The van der Waals surface area contributed by atoms with Crippen LogP contribution in [0.5, 0.6) is 0 Å². The van der Waals surface area contributed by atoms with E-state index in [1.807, 2.05) is 0 Å². The van der Waals surface area contributed by atoms with Crippen LogP contribution >= 0.6 is 0 Å². The molecule has 8 nitrogen and oxygen atoms in total. The van der Waals surface area contributed by atoms with E-state index in [4.69, 9.17) is 4.98 Å². The number of hydrogen-bond donors (Lipinski definition) is 1.